The molecule has 7 rings (SSSR count). The molecule has 0 radical (unpaired) electrons. The van der Waals surface area contributed by atoms with Crippen molar-refractivity contribution in [1.82, 2.24) is 0 Å². The van der Waals surface area contributed by atoms with E-state index in [2.05, 4.69) is 118 Å². The van der Waals surface area contributed by atoms with Crippen LogP contribution in [0, 0.1) is 0 Å². The van der Waals surface area contributed by atoms with Gasteiger partial charge in [-0.1, -0.05) is 119 Å². The zero-order chi connectivity index (χ0) is 29.6. The molecule has 3 aliphatic carbocycles. The molecule has 2 fully saturated rings. The van der Waals surface area contributed by atoms with E-state index in [1.807, 2.05) is 0 Å². The highest BCUT2D eigenvalue weighted by Crippen LogP contribution is 2.54. The lowest BCUT2D eigenvalue weighted by atomic mass is 9.78. The van der Waals surface area contributed by atoms with Crippen LogP contribution >= 0.6 is 0 Å². The molecule has 43 heavy (non-hydrogen) atoms. The number of rotatable bonds is 6. The van der Waals surface area contributed by atoms with Gasteiger partial charge in [-0.15, -0.1) is 0 Å². The summed E-state index contributed by atoms with van der Waals surface area (Å²) in [7, 11) is 0. The van der Waals surface area contributed by atoms with Gasteiger partial charge in [0.1, 0.15) is 0 Å². The van der Waals surface area contributed by atoms with Gasteiger partial charge in [0, 0.05) is 22.8 Å². The van der Waals surface area contributed by atoms with E-state index < -0.39 is 0 Å². The molecular formula is C42H49N. The van der Waals surface area contributed by atoms with Crippen LogP contribution in [0.3, 0.4) is 0 Å². The standard InChI is InChI=1S/C42H49N/c1-29(2)43(39-26-16-24-33(30-17-8-5-9-18-30)41(39)32-21-12-7-13-22-32)40-28-38-36(27-35(40)31-19-10-6-11-20-31)34-23-14-15-25-37(34)42(38,3)4/h5,8-9,14-18,23-29,31-32H,6-7,10-13,19-22H2,1-4H3. The van der Waals surface area contributed by atoms with E-state index in [-0.39, 0.29) is 5.41 Å². The largest absolute Gasteiger partial charge is 0.338 e. The smallest absolute Gasteiger partial charge is 0.0454 e. The molecule has 1 heteroatoms. The molecule has 0 heterocycles. The highest BCUT2D eigenvalue weighted by molar-refractivity contribution is 5.86. The fourth-order valence-electron chi connectivity index (χ4n) is 8.84. The third-order valence-electron chi connectivity index (χ3n) is 11.0. The first-order valence-electron chi connectivity index (χ1n) is 17.2. The molecule has 1 nitrogen and oxygen atoms in total. The van der Waals surface area contributed by atoms with E-state index in [1.165, 1.54) is 109 Å². The Labute approximate surface area is 260 Å². The van der Waals surface area contributed by atoms with Crippen molar-refractivity contribution in [3.05, 3.63) is 107 Å². The summed E-state index contributed by atoms with van der Waals surface area (Å²) in [5.74, 6) is 1.23. The molecule has 2 saturated carbocycles. The number of hydrogen-bond acceptors (Lipinski definition) is 1. The number of fused-ring (bicyclic) bond motifs is 3. The minimum atomic E-state index is -0.00743. The van der Waals surface area contributed by atoms with Crippen LogP contribution in [0.25, 0.3) is 22.3 Å². The number of nitrogens with zero attached hydrogens (tertiary/aromatic N) is 1. The molecule has 4 aromatic carbocycles. The first-order chi connectivity index (χ1) is 20.9. The Morgan fingerprint density at radius 1 is 0.581 bits per heavy atom. The zero-order valence-electron chi connectivity index (χ0n) is 26.8. The Kier molecular flexibility index (Phi) is 7.70. The fourth-order valence-corrected chi connectivity index (χ4v) is 8.84. The molecule has 0 N–H and O–H groups in total. The molecule has 222 valence electrons. The van der Waals surface area contributed by atoms with E-state index in [1.54, 1.807) is 11.1 Å². The van der Waals surface area contributed by atoms with Crippen molar-refractivity contribution in [3.8, 4) is 22.3 Å². The van der Waals surface area contributed by atoms with Crippen LogP contribution in [0.2, 0.25) is 0 Å². The van der Waals surface area contributed by atoms with Gasteiger partial charge in [-0.2, -0.15) is 0 Å². The Morgan fingerprint density at radius 2 is 1.21 bits per heavy atom. The van der Waals surface area contributed by atoms with Gasteiger partial charge in [0.05, 0.1) is 0 Å². The van der Waals surface area contributed by atoms with Crippen molar-refractivity contribution in [3.63, 3.8) is 0 Å². The molecule has 0 saturated heterocycles. The average molecular weight is 568 g/mol. The van der Waals surface area contributed by atoms with Crippen molar-refractivity contribution in [1.29, 1.82) is 0 Å². The number of benzene rings is 4. The maximum absolute atomic E-state index is 2.76. The summed E-state index contributed by atoms with van der Waals surface area (Å²) in [6.45, 7) is 9.70. The normalized spacial score (nSPS) is 18.4. The molecule has 3 aliphatic rings. The van der Waals surface area contributed by atoms with E-state index in [0.29, 0.717) is 17.9 Å². The summed E-state index contributed by atoms with van der Waals surface area (Å²) in [6, 6.07) is 33.2. The Bertz CT molecular complexity index is 1580. The van der Waals surface area contributed by atoms with Crippen molar-refractivity contribution >= 4 is 11.4 Å². The third-order valence-corrected chi connectivity index (χ3v) is 11.0. The second-order valence-corrected chi connectivity index (χ2v) is 14.4. The minimum Gasteiger partial charge on any atom is -0.338 e. The number of hydrogen-bond donors (Lipinski definition) is 0. The van der Waals surface area contributed by atoms with Gasteiger partial charge in [0.2, 0.25) is 0 Å². The van der Waals surface area contributed by atoms with E-state index in [4.69, 9.17) is 0 Å². The molecule has 0 amide bonds. The van der Waals surface area contributed by atoms with Crippen LogP contribution in [-0.4, -0.2) is 6.04 Å². The summed E-state index contributed by atoms with van der Waals surface area (Å²) in [6.07, 6.45) is 13.3. The second kappa shape index (κ2) is 11.6. The van der Waals surface area contributed by atoms with Crippen LogP contribution < -0.4 is 4.90 Å². The molecule has 0 unspecified atom stereocenters. The SMILES string of the molecule is CC(C)N(c1cc2c(cc1C1CCCCC1)-c1ccccc1C2(C)C)c1cccc(-c2ccccc2)c1C1CCCCC1. The molecule has 0 aliphatic heterocycles. The quantitative estimate of drug-likeness (QED) is 0.224. The van der Waals surface area contributed by atoms with Crippen LogP contribution in [0.5, 0.6) is 0 Å². The van der Waals surface area contributed by atoms with Gasteiger partial charge in [0.15, 0.2) is 0 Å². The van der Waals surface area contributed by atoms with Gasteiger partial charge in [0.25, 0.3) is 0 Å². The molecule has 0 aromatic heterocycles. The average Bonchev–Trinajstić information content (AvgIpc) is 3.27. The lowest BCUT2D eigenvalue weighted by Crippen LogP contribution is -2.29. The lowest BCUT2D eigenvalue weighted by molar-refractivity contribution is 0.442. The summed E-state index contributed by atoms with van der Waals surface area (Å²) < 4.78 is 0. The Balaban J connectivity index is 1.47. The second-order valence-electron chi connectivity index (χ2n) is 14.4. The summed E-state index contributed by atoms with van der Waals surface area (Å²) in [5, 5.41) is 0. The van der Waals surface area contributed by atoms with Crippen LogP contribution in [0.4, 0.5) is 11.4 Å². The lowest BCUT2D eigenvalue weighted by Gasteiger charge is -2.38. The van der Waals surface area contributed by atoms with Gasteiger partial charge in [-0.25, -0.2) is 0 Å². The van der Waals surface area contributed by atoms with Crippen molar-refractivity contribution in [2.75, 3.05) is 4.90 Å². The van der Waals surface area contributed by atoms with Crippen molar-refractivity contribution in [2.45, 2.75) is 115 Å². The van der Waals surface area contributed by atoms with Crippen molar-refractivity contribution in [2.24, 2.45) is 0 Å². The zero-order valence-corrected chi connectivity index (χ0v) is 26.8. The highest BCUT2D eigenvalue weighted by atomic mass is 15.2. The van der Waals surface area contributed by atoms with E-state index >= 15 is 0 Å². The van der Waals surface area contributed by atoms with Crippen LogP contribution in [-0.2, 0) is 5.41 Å². The van der Waals surface area contributed by atoms with Gasteiger partial charge < -0.3 is 4.90 Å². The maximum Gasteiger partial charge on any atom is 0.0454 e. The Morgan fingerprint density at radius 3 is 1.91 bits per heavy atom. The number of anilines is 2. The predicted molar refractivity (Wildman–Crippen MR) is 185 cm³/mol. The minimum absolute atomic E-state index is 0.00743. The third kappa shape index (κ3) is 5.03. The first-order valence-corrected chi connectivity index (χ1v) is 17.2. The monoisotopic (exact) mass is 567 g/mol. The van der Waals surface area contributed by atoms with Crippen molar-refractivity contribution < 1.29 is 0 Å². The Hall–Kier alpha value is -3.32. The molecule has 4 aromatic rings. The molecule has 0 spiro atoms. The summed E-state index contributed by atoms with van der Waals surface area (Å²) in [5.41, 5.74) is 14.7. The summed E-state index contributed by atoms with van der Waals surface area (Å²) >= 11 is 0. The fraction of sp³-hybridized carbons (Fsp3) is 0.429. The van der Waals surface area contributed by atoms with Gasteiger partial charge in [-0.05, 0) is 114 Å². The van der Waals surface area contributed by atoms with Gasteiger partial charge in [-0.3, -0.25) is 0 Å². The molecule has 0 atom stereocenters. The highest BCUT2D eigenvalue weighted by Gasteiger charge is 2.38. The topological polar surface area (TPSA) is 3.24 Å². The van der Waals surface area contributed by atoms with Gasteiger partial charge >= 0.3 is 0 Å². The van der Waals surface area contributed by atoms with Crippen LogP contribution in [0.15, 0.2) is 84.9 Å². The summed E-state index contributed by atoms with van der Waals surface area (Å²) in [4.78, 5) is 2.76. The predicted octanol–water partition coefficient (Wildman–Crippen LogP) is 12.3. The van der Waals surface area contributed by atoms with E-state index in [0.717, 1.165) is 0 Å². The van der Waals surface area contributed by atoms with Crippen LogP contribution in [0.1, 0.15) is 126 Å². The maximum atomic E-state index is 2.76. The molecule has 0 bridgehead atoms. The first kappa shape index (κ1) is 28.5. The van der Waals surface area contributed by atoms with E-state index in [9.17, 15) is 0 Å². The molecular weight excluding hydrogens is 518 g/mol.